The highest BCUT2D eigenvalue weighted by Gasteiger charge is 2.19. The molecule has 0 aliphatic carbocycles. The van der Waals surface area contributed by atoms with Crippen molar-refractivity contribution in [1.82, 2.24) is 4.31 Å². The number of halogens is 1. The molecule has 0 aromatic heterocycles. The molecule has 0 amide bonds. The lowest BCUT2D eigenvalue weighted by molar-refractivity contribution is 0.505. The Morgan fingerprint density at radius 1 is 1.53 bits per heavy atom. The number of sulfonamides is 1. The van der Waals surface area contributed by atoms with Gasteiger partial charge < -0.3 is 5.73 Å². The van der Waals surface area contributed by atoms with Gasteiger partial charge in [-0.3, -0.25) is 0 Å². The van der Waals surface area contributed by atoms with E-state index < -0.39 is 15.8 Å². The molecule has 0 aliphatic heterocycles. The van der Waals surface area contributed by atoms with Crippen molar-refractivity contribution in [3.8, 4) is 0 Å². The molecule has 0 saturated heterocycles. The Morgan fingerprint density at radius 3 is 2.71 bits per heavy atom. The lowest BCUT2D eigenvalue weighted by Crippen LogP contribution is -2.35. The highest BCUT2D eigenvalue weighted by Crippen LogP contribution is 2.10. The summed E-state index contributed by atoms with van der Waals surface area (Å²) in [5.41, 5.74) is 5.66. The molecule has 0 fully saturated rings. The quantitative estimate of drug-likeness (QED) is 0.811. The lowest BCUT2D eigenvalue weighted by Gasteiger charge is -2.16. The molecule has 94 valence electrons. The topological polar surface area (TPSA) is 63.4 Å². The number of rotatable bonds is 5. The first-order valence-corrected chi connectivity index (χ1v) is 6.80. The van der Waals surface area contributed by atoms with Crippen LogP contribution >= 0.6 is 12.2 Å². The molecule has 0 unspecified atom stereocenters. The van der Waals surface area contributed by atoms with Gasteiger partial charge >= 0.3 is 0 Å². The van der Waals surface area contributed by atoms with Gasteiger partial charge in [0.2, 0.25) is 10.0 Å². The maximum atomic E-state index is 12.9. The molecule has 1 rings (SSSR count). The molecular weight excluding hydrogens is 263 g/mol. The number of thiocarbonyl (C=S) groups is 1. The minimum absolute atomic E-state index is 0.0209. The second-order valence-corrected chi connectivity index (χ2v) is 6.21. The minimum Gasteiger partial charge on any atom is -0.392 e. The zero-order valence-electron chi connectivity index (χ0n) is 9.26. The zero-order chi connectivity index (χ0) is 13.1. The van der Waals surface area contributed by atoms with Crippen LogP contribution in [0.3, 0.4) is 0 Å². The van der Waals surface area contributed by atoms with E-state index in [0.717, 1.165) is 4.31 Å². The minimum atomic E-state index is -3.53. The van der Waals surface area contributed by atoms with Gasteiger partial charge in [-0.05, 0) is 17.7 Å². The fraction of sp³-hybridized carbons (Fsp3) is 0.300. The Balaban J connectivity index is 2.83. The van der Waals surface area contributed by atoms with Crippen LogP contribution in [0.4, 0.5) is 4.39 Å². The molecule has 0 spiro atoms. The van der Waals surface area contributed by atoms with Gasteiger partial charge in [0.1, 0.15) is 5.82 Å². The normalized spacial score (nSPS) is 11.7. The van der Waals surface area contributed by atoms with Gasteiger partial charge in [-0.15, -0.1) is 0 Å². The number of nitrogens with zero attached hydrogens (tertiary/aromatic N) is 1. The van der Waals surface area contributed by atoms with Crippen molar-refractivity contribution in [3.63, 3.8) is 0 Å². The Morgan fingerprint density at radius 2 is 2.18 bits per heavy atom. The summed E-state index contributed by atoms with van der Waals surface area (Å²) in [6.45, 7) is -0.0209. The SMILES string of the molecule is CN(CC(N)=S)S(=O)(=O)Cc1cccc(F)c1. The number of hydrogen-bond acceptors (Lipinski definition) is 3. The predicted octanol–water partition coefficient (Wildman–Crippen LogP) is 0.873. The Kier molecular flexibility index (Phi) is 4.55. The van der Waals surface area contributed by atoms with Gasteiger partial charge in [-0.1, -0.05) is 24.4 Å². The van der Waals surface area contributed by atoms with E-state index in [-0.39, 0.29) is 17.3 Å². The van der Waals surface area contributed by atoms with Crippen LogP contribution in [0.15, 0.2) is 24.3 Å². The van der Waals surface area contributed by atoms with Crippen molar-refractivity contribution < 1.29 is 12.8 Å². The van der Waals surface area contributed by atoms with Crippen LogP contribution < -0.4 is 5.73 Å². The van der Waals surface area contributed by atoms with Crippen LogP contribution in [-0.4, -0.2) is 31.3 Å². The van der Waals surface area contributed by atoms with Crippen molar-refractivity contribution in [1.29, 1.82) is 0 Å². The van der Waals surface area contributed by atoms with Crippen molar-refractivity contribution in [2.45, 2.75) is 5.75 Å². The van der Waals surface area contributed by atoms with Gasteiger partial charge in [0.15, 0.2) is 0 Å². The van der Waals surface area contributed by atoms with Crippen molar-refractivity contribution in [3.05, 3.63) is 35.6 Å². The highest BCUT2D eigenvalue weighted by atomic mass is 32.2. The highest BCUT2D eigenvalue weighted by molar-refractivity contribution is 7.88. The first-order valence-electron chi connectivity index (χ1n) is 4.78. The van der Waals surface area contributed by atoms with Gasteiger partial charge in [-0.2, -0.15) is 4.31 Å². The average Bonchev–Trinajstić information content (AvgIpc) is 2.15. The summed E-state index contributed by atoms with van der Waals surface area (Å²) in [6.07, 6.45) is 0. The fourth-order valence-corrected chi connectivity index (χ4v) is 2.70. The predicted molar refractivity (Wildman–Crippen MR) is 68.4 cm³/mol. The smallest absolute Gasteiger partial charge is 0.218 e. The molecule has 0 aliphatic rings. The second kappa shape index (κ2) is 5.52. The largest absolute Gasteiger partial charge is 0.392 e. The van der Waals surface area contributed by atoms with Crippen LogP contribution in [0.1, 0.15) is 5.56 Å². The molecule has 0 atom stereocenters. The fourth-order valence-electron chi connectivity index (χ4n) is 1.27. The molecule has 0 heterocycles. The number of hydrogen-bond donors (Lipinski definition) is 1. The third kappa shape index (κ3) is 4.37. The standard InChI is InChI=1S/C10H13FN2O2S2/c1-13(6-10(12)16)17(14,15)7-8-3-2-4-9(11)5-8/h2-5H,6-7H2,1H3,(H2,12,16). The van der Waals surface area contributed by atoms with E-state index in [2.05, 4.69) is 12.2 Å². The monoisotopic (exact) mass is 276 g/mol. The van der Waals surface area contributed by atoms with E-state index in [1.165, 1.54) is 25.2 Å². The molecule has 7 heteroatoms. The van der Waals surface area contributed by atoms with Crippen LogP contribution in [0.25, 0.3) is 0 Å². The van der Waals surface area contributed by atoms with Crippen molar-refractivity contribution >= 4 is 27.2 Å². The summed E-state index contributed by atoms with van der Waals surface area (Å²) >= 11 is 4.64. The summed E-state index contributed by atoms with van der Waals surface area (Å²) < 4.78 is 37.6. The van der Waals surface area contributed by atoms with E-state index in [9.17, 15) is 12.8 Å². The summed E-state index contributed by atoms with van der Waals surface area (Å²) in [4.78, 5) is 0.0929. The van der Waals surface area contributed by atoms with E-state index in [1.54, 1.807) is 6.07 Å². The van der Waals surface area contributed by atoms with E-state index in [1.807, 2.05) is 0 Å². The van der Waals surface area contributed by atoms with Crippen LogP contribution in [0.5, 0.6) is 0 Å². The van der Waals surface area contributed by atoms with Gasteiger partial charge in [0, 0.05) is 7.05 Å². The molecule has 1 aromatic carbocycles. The number of likely N-dealkylation sites (N-methyl/N-ethyl adjacent to an activating group) is 1. The molecule has 1 aromatic rings. The summed E-state index contributed by atoms with van der Waals surface area (Å²) in [5.74, 6) is -0.737. The molecule has 17 heavy (non-hydrogen) atoms. The van der Waals surface area contributed by atoms with Crippen molar-refractivity contribution in [2.75, 3.05) is 13.6 Å². The maximum Gasteiger partial charge on any atom is 0.218 e. The molecule has 0 bridgehead atoms. The molecular formula is C10H13FN2O2S2. The van der Waals surface area contributed by atoms with E-state index in [0.29, 0.717) is 5.56 Å². The third-order valence-electron chi connectivity index (χ3n) is 2.09. The second-order valence-electron chi connectivity index (χ2n) is 3.61. The Labute approximate surface area is 105 Å². The zero-order valence-corrected chi connectivity index (χ0v) is 10.9. The average molecular weight is 276 g/mol. The van der Waals surface area contributed by atoms with Crippen LogP contribution in [0, 0.1) is 5.82 Å². The number of benzene rings is 1. The van der Waals surface area contributed by atoms with E-state index >= 15 is 0 Å². The molecule has 0 saturated carbocycles. The Bertz CT molecular complexity index is 517. The first kappa shape index (κ1) is 14.0. The third-order valence-corrected chi connectivity index (χ3v) is 4.00. The van der Waals surface area contributed by atoms with Crippen LogP contribution in [-0.2, 0) is 15.8 Å². The molecule has 2 N–H and O–H groups in total. The molecule has 4 nitrogen and oxygen atoms in total. The Hall–Kier alpha value is -1.05. The summed E-state index contributed by atoms with van der Waals surface area (Å²) in [6, 6.07) is 5.46. The summed E-state index contributed by atoms with van der Waals surface area (Å²) in [5, 5.41) is 0. The summed E-state index contributed by atoms with van der Waals surface area (Å²) in [7, 11) is -2.14. The molecule has 0 radical (unpaired) electrons. The van der Waals surface area contributed by atoms with Gasteiger partial charge in [0.05, 0.1) is 17.3 Å². The first-order chi connectivity index (χ1) is 7.81. The van der Waals surface area contributed by atoms with Gasteiger partial charge in [-0.25, -0.2) is 12.8 Å². The van der Waals surface area contributed by atoms with Gasteiger partial charge in [0.25, 0.3) is 0 Å². The van der Waals surface area contributed by atoms with Crippen LogP contribution in [0.2, 0.25) is 0 Å². The van der Waals surface area contributed by atoms with E-state index in [4.69, 9.17) is 5.73 Å². The van der Waals surface area contributed by atoms with Crippen molar-refractivity contribution in [2.24, 2.45) is 5.73 Å². The number of nitrogens with two attached hydrogens (primary N) is 1. The maximum absolute atomic E-state index is 12.9. The lowest BCUT2D eigenvalue weighted by atomic mass is 10.2.